The first-order valence-electron chi connectivity index (χ1n) is 13.7. The molecule has 6 rings (SSSR count). The van der Waals surface area contributed by atoms with E-state index in [1.807, 2.05) is 17.0 Å². The lowest BCUT2D eigenvalue weighted by molar-refractivity contribution is 0.186. The Bertz CT molecular complexity index is 1400. The highest BCUT2D eigenvalue weighted by molar-refractivity contribution is 6.00. The molecule has 1 saturated heterocycles. The summed E-state index contributed by atoms with van der Waals surface area (Å²) in [6.45, 7) is 4.85. The Morgan fingerprint density at radius 3 is 2.57 bits per heavy atom. The fourth-order valence-electron chi connectivity index (χ4n) is 5.61. The van der Waals surface area contributed by atoms with Crippen molar-refractivity contribution in [3.8, 4) is 11.3 Å². The van der Waals surface area contributed by atoms with Crippen LogP contribution in [-0.4, -0.2) is 58.3 Å². The molecule has 2 aliphatic rings. The highest BCUT2D eigenvalue weighted by Gasteiger charge is 2.28. The molecule has 1 N–H and O–H groups in total. The first-order valence-corrected chi connectivity index (χ1v) is 13.7. The van der Waals surface area contributed by atoms with Crippen LogP contribution in [0.15, 0.2) is 47.0 Å². The lowest BCUT2D eigenvalue weighted by Gasteiger charge is -2.36. The van der Waals surface area contributed by atoms with Gasteiger partial charge in [-0.3, -0.25) is 0 Å². The molecule has 0 unspecified atom stereocenters. The van der Waals surface area contributed by atoms with Gasteiger partial charge in [0.15, 0.2) is 0 Å². The molecule has 8 nitrogen and oxygen atoms in total. The van der Waals surface area contributed by atoms with Crippen LogP contribution < -0.4 is 10.2 Å². The third-order valence-corrected chi connectivity index (χ3v) is 7.66. The third-order valence-electron chi connectivity index (χ3n) is 7.66. The van der Waals surface area contributed by atoms with E-state index < -0.39 is 0 Å². The van der Waals surface area contributed by atoms with Crippen molar-refractivity contribution in [2.75, 3.05) is 31.1 Å². The number of benzene rings is 2. The largest absolute Gasteiger partial charge is 0.352 e. The number of fused-ring (bicyclic) bond motifs is 2. The molecule has 2 fully saturated rings. The van der Waals surface area contributed by atoms with Crippen molar-refractivity contribution in [3.63, 3.8) is 0 Å². The molecule has 1 aliphatic carbocycles. The van der Waals surface area contributed by atoms with Crippen LogP contribution >= 0.6 is 0 Å². The number of urea groups is 1. The van der Waals surface area contributed by atoms with E-state index in [4.69, 9.17) is 14.5 Å². The van der Waals surface area contributed by atoms with Crippen molar-refractivity contribution in [1.82, 2.24) is 25.3 Å². The summed E-state index contributed by atoms with van der Waals surface area (Å²) in [4.78, 5) is 26.8. The minimum Gasteiger partial charge on any atom is -0.352 e. The maximum absolute atomic E-state index is 12.9. The number of nitrogens with one attached hydrogen (secondary N) is 1. The second kappa shape index (κ2) is 10.4. The van der Waals surface area contributed by atoms with Crippen LogP contribution in [0.2, 0.25) is 0 Å². The first kappa shape index (κ1) is 23.7. The molecule has 8 heteroatoms. The number of aromatic nitrogens is 3. The quantitative estimate of drug-likeness (QED) is 0.388. The maximum Gasteiger partial charge on any atom is 0.317 e. The molecule has 2 aromatic heterocycles. The molecular formula is C29H34N6O2. The van der Waals surface area contributed by atoms with E-state index in [-0.39, 0.29) is 6.03 Å². The molecule has 0 bridgehead atoms. The van der Waals surface area contributed by atoms with Gasteiger partial charge < -0.3 is 19.6 Å². The Kier molecular flexibility index (Phi) is 6.64. The Morgan fingerprint density at radius 1 is 1.00 bits per heavy atom. The minimum atomic E-state index is 0.0629. The molecular weight excluding hydrogens is 464 g/mol. The van der Waals surface area contributed by atoms with Gasteiger partial charge in [0.2, 0.25) is 0 Å². The van der Waals surface area contributed by atoms with Gasteiger partial charge in [0.1, 0.15) is 22.7 Å². The Morgan fingerprint density at radius 2 is 1.78 bits per heavy atom. The molecule has 2 aromatic carbocycles. The highest BCUT2D eigenvalue weighted by atomic mass is 16.5. The molecule has 0 spiro atoms. The van der Waals surface area contributed by atoms with Gasteiger partial charge in [-0.25, -0.2) is 9.78 Å². The van der Waals surface area contributed by atoms with Gasteiger partial charge >= 0.3 is 6.03 Å². The summed E-state index contributed by atoms with van der Waals surface area (Å²) in [5, 5.41) is 10.9. The Balaban J connectivity index is 1.28. The maximum atomic E-state index is 12.9. The Labute approximate surface area is 217 Å². The Hall–Kier alpha value is -3.68. The van der Waals surface area contributed by atoms with E-state index in [1.54, 1.807) is 0 Å². The number of hydrogen-bond donors (Lipinski definition) is 1. The molecule has 37 heavy (non-hydrogen) atoms. The zero-order chi connectivity index (χ0) is 25.2. The van der Waals surface area contributed by atoms with E-state index in [9.17, 15) is 4.79 Å². The van der Waals surface area contributed by atoms with Crippen LogP contribution in [0.1, 0.15) is 51.3 Å². The van der Waals surface area contributed by atoms with E-state index >= 15 is 0 Å². The van der Waals surface area contributed by atoms with E-state index in [2.05, 4.69) is 52.6 Å². The molecule has 1 aliphatic heterocycles. The van der Waals surface area contributed by atoms with Crippen molar-refractivity contribution in [2.24, 2.45) is 0 Å². The van der Waals surface area contributed by atoms with Crippen molar-refractivity contribution < 1.29 is 9.32 Å². The molecule has 4 aromatic rings. The monoisotopic (exact) mass is 498 g/mol. The SMILES string of the molecule is CCCc1nc(N2CCN(C(=O)NC3CCCCC3)CC2)c2c(-c3ccc4ccccc4c3)noc2n1. The number of rotatable bonds is 5. The summed E-state index contributed by atoms with van der Waals surface area (Å²) in [7, 11) is 0. The number of anilines is 1. The fraction of sp³-hybridized carbons (Fsp3) is 0.448. The molecule has 2 amide bonds. The normalized spacial score (nSPS) is 17.0. The molecule has 192 valence electrons. The lowest BCUT2D eigenvalue weighted by atomic mass is 9.96. The predicted molar refractivity (Wildman–Crippen MR) is 146 cm³/mol. The molecule has 0 radical (unpaired) electrons. The molecule has 1 saturated carbocycles. The number of carbonyl (C=O) groups excluding carboxylic acids is 1. The van der Waals surface area contributed by atoms with Crippen LogP contribution in [0.4, 0.5) is 10.6 Å². The zero-order valence-corrected chi connectivity index (χ0v) is 21.4. The minimum absolute atomic E-state index is 0.0629. The topological polar surface area (TPSA) is 87.4 Å². The van der Waals surface area contributed by atoms with Gasteiger partial charge in [-0.15, -0.1) is 0 Å². The van der Waals surface area contributed by atoms with E-state index in [1.165, 1.54) is 24.6 Å². The van der Waals surface area contributed by atoms with E-state index in [0.29, 0.717) is 37.9 Å². The highest BCUT2D eigenvalue weighted by Crippen LogP contribution is 2.35. The predicted octanol–water partition coefficient (Wildman–Crippen LogP) is 5.55. The summed E-state index contributed by atoms with van der Waals surface area (Å²) >= 11 is 0. The molecule has 3 heterocycles. The fourth-order valence-corrected chi connectivity index (χ4v) is 5.61. The standard InChI is InChI=1S/C29H34N6O2/c1-2-8-24-31-27(34-15-17-35(18-16-34)29(36)30-23-11-4-3-5-12-23)25-26(33-37-28(25)32-24)22-14-13-20-9-6-7-10-21(20)19-22/h6-7,9-10,13-14,19,23H,2-5,8,11-12,15-18H2,1H3,(H,30,36). The zero-order valence-electron chi connectivity index (χ0n) is 21.4. The number of piperazine rings is 1. The summed E-state index contributed by atoms with van der Waals surface area (Å²) < 4.78 is 5.78. The average molecular weight is 499 g/mol. The first-order chi connectivity index (χ1) is 18.2. The van der Waals surface area contributed by atoms with Gasteiger partial charge in [0, 0.05) is 44.2 Å². The second-order valence-electron chi connectivity index (χ2n) is 10.2. The lowest BCUT2D eigenvalue weighted by Crippen LogP contribution is -2.54. The third kappa shape index (κ3) is 4.84. The number of carbonyl (C=O) groups is 1. The van der Waals surface area contributed by atoms with Crippen molar-refractivity contribution in [2.45, 2.75) is 57.9 Å². The summed E-state index contributed by atoms with van der Waals surface area (Å²) in [6.07, 6.45) is 7.61. The van der Waals surface area contributed by atoms with Gasteiger partial charge in [0.05, 0.1) is 0 Å². The van der Waals surface area contributed by atoms with Crippen LogP contribution in [-0.2, 0) is 6.42 Å². The van der Waals surface area contributed by atoms with Gasteiger partial charge in [-0.1, -0.05) is 67.7 Å². The number of nitrogens with zero attached hydrogens (tertiary/aromatic N) is 5. The number of hydrogen-bond acceptors (Lipinski definition) is 6. The smallest absolute Gasteiger partial charge is 0.317 e. The van der Waals surface area contributed by atoms with Gasteiger partial charge in [-0.2, -0.15) is 4.98 Å². The van der Waals surface area contributed by atoms with Crippen molar-refractivity contribution in [1.29, 1.82) is 0 Å². The number of amides is 2. The van der Waals surface area contributed by atoms with Crippen LogP contribution in [0.5, 0.6) is 0 Å². The van der Waals surface area contributed by atoms with Crippen LogP contribution in [0, 0.1) is 0 Å². The van der Waals surface area contributed by atoms with Crippen LogP contribution in [0.25, 0.3) is 33.1 Å². The van der Waals surface area contributed by atoms with Gasteiger partial charge in [-0.05, 0) is 36.1 Å². The van der Waals surface area contributed by atoms with Crippen LogP contribution in [0.3, 0.4) is 0 Å². The average Bonchev–Trinajstić information content (AvgIpc) is 3.37. The molecule has 0 atom stereocenters. The van der Waals surface area contributed by atoms with Gasteiger partial charge in [0.25, 0.3) is 5.71 Å². The summed E-state index contributed by atoms with van der Waals surface area (Å²) in [6, 6.07) is 15.0. The second-order valence-corrected chi connectivity index (χ2v) is 10.2. The van der Waals surface area contributed by atoms with Crippen molar-refractivity contribution in [3.05, 3.63) is 48.3 Å². The van der Waals surface area contributed by atoms with E-state index in [0.717, 1.165) is 59.4 Å². The van der Waals surface area contributed by atoms with Crippen molar-refractivity contribution >= 4 is 33.7 Å². The summed E-state index contributed by atoms with van der Waals surface area (Å²) in [5.41, 5.74) is 2.27. The number of aryl methyl sites for hydroxylation is 1. The summed E-state index contributed by atoms with van der Waals surface area (Å²) in [5.74, 6) is 1.62.